The molecule has 0 fully saturated rings. The summed E-state index contributed by atoms with van der Waals surface area (Å²) >= 11 is 0. The van der Waals surface area contributed by atoms with E-state index in [2.05, 4.69) is 15.4 Å². The third kappa shape index (κ3) is 2.12. The molecule has 0 saturated carbocycles. The second-order valence-corrected chi connectivity index (χ2v) is 4.32. The zero-order valence-corrected chi connectivity index (χ0v) is 10.7. The maximum absolute atomic E-state index is 11.1. The average molecular weight is 291 g/mol. The van der Waals surface area contributed by atoms with E-state index >= 15 is 0 Å². The fourth-order valence-electron chi connectivity index (χ4n) is 2.03. The van der Waals surface area contributed by atoms with Crippen LogP contribution in [0.3, 0.4) is 0 Å². The maximum atomic E-state index is 11.1. The predicted octanol–water partition coefficient (Wildman–Crippen LogP) is 1.07. The Hall–Kier alpha value is -3.17. The van der Waals surface area contributed by atoms with Crippen molar-refractivity contribution in [2.75, 3.05) is 5.32 Å². The number of carbonyl (C=O) groups is 1. The fourth-order valence-corrected chi connectivity index (χ4v) is 2.03. The van der Waals surface area contributed by atoms with Crippen LogP contribution in [0.4, 0.5) is 11.8 Å². The molecule has 108 valence electrons. The van der Waals surface area contributed by atoms with Crippen LogP contribution >= 0.6 is 0 Å². The number of furan rings is 1. The zero-order chi connectivity index (χ0) is 15.1. The highest BCUT2D eigenvalue weighted by Gasteiger charge is 2.29. The number of anilines is 1. The van der Waals surface area contributed by atoms with Crippen LogP contribution in [-0.4, -0.2) is 30.8 Å². The van der Waals surface area contributed by atoms with Crippen LogP contribution in [-0.2, 0) is 4.79 Å². The predicted molar refractivity (Wildman–Crippen MR) is 67.6 cm³/mol. The number of aryl methyl sites for hydroxylation is 1. The molecule has 0 bridgehead atoms. The van der Waals surface area contributed by atoms with E-state index < -0.39 is 22.8 Å². The maximum Gasteiger partial charge on any atom is 0.433 e. The van der Waals surface area contributed by atoms with E-state index in [1.54, 1.807) is 6.92 Å². The van der Waals surface area contributed by atoms with E-state index in [-0.39, 0.29) is 17.4 Å². The topological polar surface area (TPSA) is 136 Å². The second kappa shape index (κ2) is 4.44. The molecule has 1 atom stereocenters. The monoisotopic (exact) mass is 291 g/mol. The van der Waals surface area contributed by atoms with E-state index in [1.807, 2.05) is 0 Å². The molecule has 3 heterocycles. The van der Waals surface area contributed by atoms with Crippen molar-refractivity contribution in [3.63, 3.8) is 0 Å². The molecule has 1 unspecified atom stereocenters. The van der Waals surface area contributed by atoms with Gasteiger partial charge in [-0.2, -0.15) is 10.1 Å². The van der Waals surface area contributed by atoms with Crippen LogP contribution < -0.4 is 5.32 Å². The molecular weight excluding hydrogens is 282 g/mol. The number of carboxylic acid groups (broad SMARTS) is 1. The molecule has 0 radical (unpaired) electrons. The minimum Gasteiger partial charge on any atom is -0.477 e. The fraction of sp³-hybridized carbons (Fsp3) is 0.182. The molecule has 0 saturated heterocycles. The van der Waals surface area contributed by atoms with Gasteiger partial charge in [-0.25, -0.2) is 9.48 Å². The van der Waals surface area contributed by atoms with Crippen molar-refractivity contribution in [1.29, 1.82) is 0 Å². The molecular formula is C11H9N5O5. The van der Waals surface area contributed by atoms with Crippen LogP contribution in [0.1, 0.15) is 17.6 Å². The van der Waals surface area contributed by atoms with Gasteiger partial charge in [-0.15, -0.1) is 0 Å². The van der Waals surface area contributed by atoms with Gasteiger partial charge in [-0.3, -0.25) is 10.1 Å². The third-order valence-electron chi connectivity index (χ3n) is 2.89. The van der Waals surface area contributed by atoms with Gasteiger partial charge < -0.3 is 14.8 Å². The summed E-state index contributed by atoms with van der Waals surface area (Å²) in [5.41, 5.74) is -0.0982. The molecule has 2 N–H and O–H groups in total. The molecule has 0 aromatic carbocycles. The van der Waals surface area contributed by atoms with E-state index in [9.17, 15) is 14.9 Å². The summed E-state index contributed by atoms with van der Waals surface area (Å²) in [6.45, 7) is 1.65. The van der Waals surface area contributed by atoms with Crippen LogP contribution in [0.15, 0.2) is 28.3 Å². The highest BCUT2D eigenvalue weighted by Crippen LogP contribution is 2.31. The molecule has 1 aliphatic rings. The molecule has 0 amide bonds. The zero-order valence-electron chi connectivity index (χ0n) is 10.7. The molecule has 3 rings (SSSR count). The SMILES string of the molecule is Cc1nc2n(n1)C(c1ccc([N+](=O)[O-])o1)C=C(C(=O)O)N2. The van der Waals surface area contributed by atoms with Gasteiger partial charge in [0, 0.05) is 0 Å². The molecule has 10 heteroatoms. The lowest BCUT2D eigenvalue weighted by atomic mass is 10.1. The van der Waals surface area contributed by atoms with Crippen molar-refractivity contribution in [2.24, 2.45) is 0 Å². The van der Waals surface area contributed by atoms with Crippen LogP contribution in [0.5, 0.6) is 0 Å². The number of aliphatic carboxylic acids is 1. The Bertz CT molecular complexity index is 774. The molecule has 0 aliphatic carbocycles. The third-order valence-corrected chi connectivity index (χ3v) is 2.89. The smallest absolute Gasteiger partial charge is 0.433 e. The molecule has 21 heavy (non-hydrogen) atoms. The first-order valence-corrected chi connectivity index (χ1v) is 5.85. The number of fused-ring (bicyclic) bond motifs is 1. The van der Waals surface area contributed by atoms with Crippen molar-refractivity contribution >= 4 is 17.8 Å². The lowest BCUT2D eigenvalue weighted by Gasteiger charge is -2.20. The van der Waals surface area contributed by atoms with Gasteiger partial charge in [0.25, 0.3) is 0 Å². The summed E-state index contributed by atoms with van der Waals surface area (Å²) in [5, 5.41) is 26.5. The summed E-state index contributed by atoms with van der Waals surface area (Å²) in [5.74, 6) is -0.728. The Morgan fingerprint density at radius 3 is 2.95 bits per heavy atom. The first-order chi connectivity index (χ1) is 9.95. The number of aromatic nitrogens is 3. The van der Waals surface area contributed by atoms with Crippen molar-refractivity contribution < 1.29 is 19.2 Å². The number of carboxylic acids is 1. The molecule has 2 aromatic heterocycles. The van der Waals surface area contributed by atoms with Gasteiger partial charge >= 0.3 is 11.9 Å². The first kappa shape index (κ1) is 12.8. The largest absolute Gasteiger partial charge is 0.477 e. The molecule has 1 aliphatic heterocycles. The quantitative estimate of drug-likeness (QED) is 0.633. The van der Waals surface area contributed by atoms with Gasteiger partial charge in [0.1, 0.15) is 28.2 Å². The number of hydrogen-bond acceptors (Lipinski definition) is 7. The van der Waals surface area contributed by atoms with E-state index in [0.29, 0.717) is 5.82 Å². The van der Waals surface area contributed by atoms with Crippen molar-refractivity contribution in [3.8, 4) is 0 Å². The Balaban J connectivity index is 2.09. The number of nitrogens with zero attached hydrogens (tertiary/aromatic N) is 4. The standard InChI is InChI=1S/C11H9N5O5/c1-5-12-11-13-6(10(17)18)4-7(15(11)14-5)8-2-3-9(21-8)16(19)20/h2-4,7H,1H3,(H,17,18)(H,12,13,14). The summed E-state index contributed by atoms with van der Waals surface area (Å²) < 4.78 is 6.53. The number of rotatable bonds is 3. The Morgan fingerprint density at radius 1 is 1.57 bits per heavy atom. The van der Waals surface area contributed by atoms with E-state index in [1.165, 1.54) is 22.9 Å². The highest BCUT2D eigenvalue weighted by atomic mass is 16.6. The highest BCUT2D eigenvalue weighted by molar-refractivity contribution is 5.90. The van der Waals surface area contributed by atoms with Crippen molar-refractivity contribution in [3.05, 3.63) is 45.6 Å². The lowest BCUT2D eigenvalue weighted by molar-refractivity contribution is -0.402. The lowest BCUT2D eigenvalue weighted by Crippen LogP contribution is -2.24. The summed E-state index contributed by atoms with van der Waals surface area (Å²) in [4.78, 5) is 25.2. The number of hydrogen-bond donors (Lipinski definition) is 2. The Labute approximate surface area is 116 Å². The van der Waals surface area contributed by atoms with Gasteiger partial charge in [0.05, 0.1) is 6.07 Å². The van der Waals surface area contributed by atoms with E-state index in [4.69, 9.17) is 9.52 Å². The van der Waals surface area contributed by atoms with Crippen LogP contribution in [0.25, 0.3) is 0 Å². The second-order valence-electron chi connectivity index (χ2n) is 4.32. The Morgan fingerprint density at radius 2 is 2.33 bits per heavy atom. The molecule has 10 nitrogen and oxygen atoms in total. The normalized spacial score (nSPS) is 16.8. The van der Waals surface area contributed by atoms with Crippen molar-refractivity contribution in [1.82, 2.24) is 14.8 Å². The van der Waals surface area contributed by atoms with Gasteiger partial charge in [0.15, 0.2) is 0 Å². The van der Waals surface area contributed by atoms with Gasteiger partial charge in [-0.1, -0.05) is 0 Å². The number of allylic oxidation sites excluding steroid dienone is 1. The van der Waals surface area contributed by atoms with Gasteiger partial charge in [0.2, 0.25) is 5.95 Å². The first-order valence-electron chi connectivity index (χ1n) is 5.85. The molecule has 2 aromatic rings. The molecule has 0 spiro atoms. The summed E-state index contributed by atoms with van der Waals surface area (Å²) in [6, 6.07) is 1.89. The minimum absolute atomic E-state index is 0.0982. The van der Waals surface area contributed by atoms with Crippen LogP contribution in [0.2, 0.25) is 0 Å². The average Bonchev–Trinajstić information content (AvgIpc) is 3.02. The van der Waals surface area contributed by atoms with Crippen molar-refractivity contribution in [2.45, 2.75) is 13.0 Å². The summed E-state index contributed by atoms with van der Waals surface area (Å²) in [6.07, 6.45) is 1.35. The van der Waals surface area contributed by atoms with E-state index in [0.717, 1.165) is 0 Å². The van der Waals surface area contributed by atoms with Crippen LogP contribution in [0, 0.1) is 17.0 Å². The minimum atomic E-state index is -1.17. The summed E-state index contributed by atoms with van der Waals surface area (Å²) in [7, 11) is 0. The Kier molecular flexibility index (Phi) is 2.71. The number of nitrogens with one attached hydrogen (secondary N) is 1. The number of nitro groups is 1. The van der Waals surface area contributed by atoms with Gasteiger partial charge in [-0.05, 0) is 19.1 Å².